The Hall–Kier alpha value is -3.41. The second-order valence-corrected chi connectivity index (χ2v) is 7.20. The Bertz CT molecular complexity index is 979. The second-order valence-electron chi connectivity index (χ2n) is 7.20. The molecule has 0 aliphatic heterocycles. The van der Waals surface area contributed by atoms with E-state index in [0.29, 0.717) is 29.8 Å². The van der Waals surface area contributed by atoms with Gasteiger partial charge in [0.05, 0.1) is 0 Å². The Morgan fingerprint density at radius 1 is 1.10 bits per heavy atom. The van der Waals surface area contributed by atoms with Crippen LogP contribution in [0.25, 0.3) is 0 Å². The highest BCUT2D eigenvalue weighted by Gasteiger charge is 2.37. The zero-order valence-electron chi connectivity index (χ0n) is 17.4. The van der Waals surface area contributed by atoms with Gasteiger partial charge in [0.2, 0.25) is 0 Å². The number of ether oxygens (including phenoxy) is 1. The van der Waals surface area contributed by atoms with Crippen molar-refractivity contribution in [2.45, 2.75) is 25.1 Å². The lowest BCUT2D eigenvalue weighted by Gasteiger charge is -2.37. The molecule has 1 unspecified atom stereocenters. The molecule has 0 amide bonds. The Morgan fingerprint density at radius 2 is 1.74 bits per heavy atom. The van der Waals surface area contributed by atoms with Gasteiger partial charge in [0.1, 0.15) is 11.5 Å². The van der Waals surface area contributed by atoms with E-state index in [0.717, 1.165) is 5.57 Å². The molecule has 6 heteroatoms. The molecule has 2 rings (SSSR count). The van der Waals surface area contributed by atoms with E-state index in [-0.39, 0.29) is 11.5 Å². The van der Waals surface area contributed by atoms with Crippen molar-refractivity contribution in [1.82, 2.24) is 5.32 Å². The maximum absolute atomic E-state index is 12.9. The third-order valence-electron chi connectivity index (χ3n) is 4.81. The van der Waals surface area contributed by atoms with Crippen LogP contribution in [-0.2, 0) is 5.41 Å². The molecule has 0 fully saturated rings. The molecular formula is C25H26F3NO2. The van der Waals surface area contributed by atoms with E-state index in [1.54, 1.807) is 43.4 Å². The number of phenolic OH excluding ortho intramolecular Hbond substituents is 1. The fourth-order valence-electron chi connectivity index (χ4n) is 3.43. The maximum Gasteiger partial charge on any atom is 0.573 e. The first-order valence-electron chi connectivity index (χ1n) is 9.59. The van der Waals surface area contributed by atoms with E-state index < -0.39 is 11.8 Å². The molecule has 164 valence electrons. The molecule has 0 aromatic heterocycles. The van der Waals surface area contributed by atoms with Crippen LogP contribution in [0.1, 0.15) is 24.5 Å². The fraction of sp³-hybridized carbons (Fsp3) is 0.200. The summed E-state index contributed by atoms with van der Waals surface area (Å²) in [6, 6.07) is 12.5. The lowest BCUT2D eigenvalue weighted by Crippen LogP contribution is -2.39. The molecular weight excluding hydrogens is 403 g/mol. The summed E-state index contributed by atoms with van der Waals surface area (Å²) in [7, 11) is 0. The zero-order chi connectivity index (χ0) is 23.1. The van der Waals surface area contributed by atoms with Gasteiger partial charge in [-0.2, -0.15) is 0 Å². The monoisotopic (exact) mass is 429 g/mol. The highest BCUT2D eigenvalue weighted by Crippen LogP contribution is 2.41. The summed E-state index contributed by atoms with van der Waals surface area (Å²) in [6.45, 7) is 13.6. The van der Waals surface area contributed by atoms with Gasteiger partial charge < -0.3 is 15.2 Å². The van der Waals surface area contributed by atoms with Crippen molar-refractivity contribution in [3.8, 4) is 11.5 Å². The lowest BCUT2D eigenvalue weighted by molar-refractivity contribution is -0.274. The molecule has 2 aromatic rings. The van der Waals surface area contributed by atoms with Gasteiger partial charge in [0.25, 0.3) is 0 Å². The summed E-state index contributed by atoms with van der Waals surface area (Å²) in [5.41, 5.74) is 1.93. The van der Waals surface area contributed by atoms with Crippen LogP contribution in [-0.4, -0.2) is 18.0 Å². The molecule has 0 bridgehead atoms. The first kappa shape index (κ1) is 23.9. The van der Waals surface area contributed by atoms with E-state index in [2.05, 4.69) is 29.8 Å². The van der Waals surface area contributed by atoms with Crippen LogP contribution in [0.2, 0.25) is 0 Å². The second kappa shape index (κ2) is 10.1. The summed E-state index contributed by atoms with van der Waals surface area (Å²) >= 11 is 0. The third kappa shape index (κ3) is 6.54. The summed E-state index contributed by atoms with van der Waals surface area (Å²) in [4.78, 5) is 0. The first-order valence-corrected chi connectivity index (χ1v) is 9.59. The normalized spacial score (nSPS) is 13.7. The van der Waals surface area contributed by atoms with E-state index in [9.17, 15) is 18.3 Å². The van der Waals surface area contributed by atoms with Crippen LogP contribution in [0.5, 0.6) is 11.5 Å². The minimum absolute atomic E-state index is 0.0488. The lowest BCUT2D eigenvalue weighted by atomic mass is 9.70. The summed E-state index contributed by atoms with van der Waals surface area (Å²) < 4.78 is 42.7. The molecule has 2 N–H and O–H groups in total. The SMILES string of the molecule is C=C/C=C(\C=C)CC(CNC(=C)C)(c1cccc(O)c1)c1cccc(OC(F)(F)F)c1. The van der Waals surface area contributed by atoms with Gasteiger partial charge >= 0.3 is 6.36 Å². The maximum atomic E-state index is 12.9. The average Bonchev–Trinajstić information content (AvgIpc) is 2.69. The standard InChI is InChI=1S/C25H26F3NO2/c1-5-9-19(6-2)16-24(17-29-18(3)4,20-10-7-12-22(30)14-20)21-11-8-13-23(15-21)31-25(26,27)28/h5-15,29-30H,1-3,16-17H2,4H3/b19-9+. The summed E-state index contributed by atoms with van der Waals surface area (Å²) in [6.07, 6.45) is 0.663. The number of rotatable bonds is 10. The molecule has 1 atom stereocenters. The van der Waals surface area contributed by atoms with E-state index in [1.807, 2.05) is 6.07 Å². The number of phenols is 1. The highest BCUT2D eigenvalue weighted by molar-refractivity contribution is 5.48. The van der Waals surface area contributed by atoms with E-state index >= 15 is 0 Å². The fourth-order valence-corrected chi connectivity index (χ4v) is 3.43. The van der Waals surface area contributed by atoms with E-state index in [1.165, 1.54) is 24.3 Å². The highest BCUT2D eigenvalue weighted by atomic mass is 19.4. The van der Waals surface area contributed by atoms with Gasteiger partial charge in [-0.25, -0.2) is 0 Å². The van der Waals surface area contributed by atoms with Crippen molar-refractivity contribution in [3.05, 3.63) is 109 Å². The van der Waals surface area contributed by atoms with Gasteiger partial charge in [0.15, 0.2) is 0 Å². The van der Waals surface area contributed by atoms with Crippen molar-refractivity contribution in [2.75, 3.05) is 6.54 Å². The quantitative estimate of drug-likeness (QED) is 0.430. The number of alkyl halides is 3. The molecule has 2 aromatic carbocycles. The Balaban J connectivity index is 2.75. The van der Waals surface area contributed by atoms with Crippen LogP contribution >= 0.6 is 0 Å². The topological polar surface area (TPSA) is 41.5 Å². The third-order valence-corrected chi connectivity index (χ3v) is 4.81. The molecule has 0 saturated heterocycles. The predicted molar refractivity (Wildman–Crippen MR) is 118 cm³/mol. The molecule has 0 saturated carbocycles. The van der Waals surface area contributed by atoms with Crippen LogP contribution in [0.15, 0.2) is 97.8 Å². The van der Waals surface area contributed by atoms with Crippen LogP contribution in [0.4, 0.5) is 13.2 Å². The zero-order valence-corrected chi connectivity index (χ0v) is 17.4. The Kier molecular flexibility index (Phi) is 7.75. The number of halogens is 3. The predicted octanol–water partition coefficient (Wildman–Crippen LogP) is 6.39. The van der Waals surface area contributed by atoms with Crippen molar-refractivity contribution >= 4 is 0 Å². The molecule has 31 heavy (non-hydrogen) atoms. The molecule has 0 radical (unpaired) electrons. The van der Waals surface area contributed by atoms with Crippen molar-refractivity contribution in [2.24, 2.45) is 0 Å². The van der Waals surface area contributed by atoms with Gasteiger partial charge in [-0.05, 0) is 54.3 Å². The van der Waals surface area contributed by atoms with Gasteiger partial charge in [-0.1, -0.05) is 62.2 Å². The largest absolute Gasteiger partial charge is 0.573 e. The van der Waals surface area contributed by atoms with Gasteiger partial charge in [-0.15, -0.1) is 13.2 Å². The summed E-state index contributed by atoms with van der Waals surface area (Å²) in [5.74, 6) is -0.273. The Morgan fingerprint density at radius 3 is 2.29 bits per heavy atom. The smallest absolute Gasteiger partial charge is 0.508 e. The van der Waals surface area contributed by atoms with Gasteiger partial charge in [0, 0.05) is 17.7 Å². The first-order chi connectivity index (χ1) is 14.6. The number of hydrogen-bond donors (Lipinski definition) is 2. The molecule has 0 spiro atoms. The minimum Gasteiger partial charge on any atom is -0.508 e. The number of benzene rings is 2. The molecule has 0 aliphatic rings. The van der Waals surface area contributed by atoms with Crippen LogP contribution < -0.4 is 10.1 Å². The minimum atomic E-state index is -4.81. The molecule has 0 aliphatic carbocycles. The van der Waals surface area contributed by atoms with Crippen molar-refractivity contribution in [3.63, 3.8) is 0 Å². The van der Waals surface area contributed by atoms with Gasteiger partial charge in [-0.3, -0.25) is 0 Å². The average molecular weight is 429 g/mol. The van der Waals surface area contributed by atoms with E-state index in [4.69, 9.17) is 0 Å². The number of hydrogen-bond acceptors (Lipinski definition) is 3. The number of aromatic hydroxyl groups is 1. The number of allylic oxidation sites excluding steroid dienone is 5. The number of nitrogens with one attached hydrogen (secondary N) is 1. The van der Waals surface area contributed by atoms with Crippen LogP contribution in [0.3, 0.4) is 0 Å². The Labute approximate surface area is 180 Å². The van der Waals surface area contributed by atoms with Crippen molar-refractivity contribution < 1.29 is 23.0 Å². The molecule has 0 heterocycles. The van der Waals surface area contributed by atoms with Crippen LogP contribution in [0, 0.1) is 0 Å². The molecule has 3 nitrogen and oxygen atoms in total. The summed E-state index contributed by atoms with van der Waals surface area (Å²) in [5, 5.41) is 13.4. The van der Waals surface area contributed by atoms with Crippen molar-refractivity contribution in [1.29, 1.82) is 0 Å².